The van der Waals surface area contributed by atoms with E-state index in [-0.39, 0.29) is 0 Å². The summed E-state index contributed by atoms with van der Waals surface area (Å²) in [4.78, 5) is 2.46. The smallest absolute Gasteiger partial charge is 0.169 e. The molecule has 3 rings (SSSR count). The maximum absolute atomic E-state index is 5.60. The van der Waals surface area contributed by atoms with Crippen LogP contribution in [-0.2, 0) is 0 Å². The van der Waals surface area contributed by atoms with Gasteiger partial charge in [-0.2, -0.15) is 0 Å². The summed E-state index contributed by atoms with van der Waals surface area (Å²) in [5, 5.41) is 4.64. The largest absolute Gasteiger partial charge is 0.360 e. The quantitative estimate of drug-likeness (QED) is 0.722. The van der Waals surface area contributed by atoms with E-state index in [0.29, 0.717) is 6.04 Å². The van der Waals surface area contributed by atoms with Crippen LogP contribution >= 0.6 is 12.2 Å². The Morgan fingerprint density at radius 1 is 0.941 bits per heavy atom. The molecule has 0 radical (unpaired) electrons. The monoisotopic (exact) mass is 252 g/mol. The third kappa shape index (κ3) is 2.75. The predicted octanol–water partition coefficient (Wildman–Crippen LogP) is 2.93. The first kappa shape index (κ1) is 11.8. The number of thiocarbonyl (C=S) groups is 1. The van der Waals surface area contributed by atoms with Crippen LogP contribution in [0.3, 0.4) is 0 Å². The van der Waals surface area contributed by atoms with Crippen molar-refractivity contribution in [3.8, 4) is 0 Å². The van der Waals surface area contributed by atoms with Crippen LogP contribution in [0, 0.1) is 11.8 Å². The van der Waals surface area contributed by atoms with Gasteiger partial charge in [0.25, 0.3) is 0 Å². The Balaban J connectivity index is 1.54. The molecule has 0 spiro atoms. The van der Waals surface area contributed by atoms with Crippen LogP contribution in [-0.4, -0.2) is 29.1 Å². The summed E-state index contributed by atoms with van der Waals surface area (Å²) >= 11 is 5.60. The van der Waals surface area contributed by atoms with Gasteiger partial charge >= 0.3 is 0 Å². The summed E-state index contributed by atoms with van der Waals surface area (Å²) in [7, 11) is 0. The average Bonchev–Trinajstić information content (AvgIpc) is 2.81. The predicted molar refractivity (Wildman–Crippen MR) is 75.0 cm³/mol. The van der Waals surface area contributed by atoms with Crippen LogP contribution in [0.1, 0.15) is 51.4 Å². The van der Waals surface area contributed by atoms with Crippen molar-refractivity contribution in [2.75, 3.05) is 13.1 Å². The molecule has 2 unspecified atom stereocenters. The lowest BCUT2D eigenvalue weighted by Gasteiger charge is -2.42. The minimum absolute atomic E-state index is 0.671. The Morgan fingerprint density at radius 3 is 2.24 bits per heavy atom. The summed E-state index contributed by atoms with van der Waals surface area (Å²) in [6.07, 6.45) is 11.2. The van der Waals surface area contributed by atoms with Crippen LogP contribution < -0.4 is 5.32 Å². The van der Waals surface area contributed by atoms with E-state index in [1.165, 1.54) is 64.5 Å². The summed E-state index contributed by atoms with van der Waals surface area (Å²) in [6, 6.07) is 0.671. The Morgan fingerprint density at radius 2 is 1.59 bits per heavy atom. The Labute approximate surface area is 110 Å². The third-order valence-electron chi connectivity index (χ3n) is 4.82. The summed E-state index contributed by atoms with van der Waals surface area (Å²) in [5.41, 5.74) is 0. The number of likely N-dealkylation sites (tertiary alicyclic amines) is 1. The van der Waals surface area contributed by atoms with Crippen molar-refractivity contribution in [3.05, 3.63) is 0 Å². The number of hydrogen-bond acceptors (Lipinski definition) is 1. The lowest BCUT2D eigenvalue weighted by molar-refractivity contribution is 0.135. The first-order chi connectivity index (χ1) is 8.31. The second-order valence-electron chi connectivity index (χ2n) is 6.23. The van der Waals surface area contributed by atoms with Crippen molar-refractivity contribution in [2.45, 2.75) is 57.4 Å². The van der Waals surface area contributed by atoms with E-state index in [1.54, 1.807) is 0 Å². The number of hydrogen-bond donors (Lipinski definition) is 1. The molecular weight excluding hydrogens is 228 g/mol. The molecule has 0 aromatic heterocycles. The van der Waals surface area contributed by atoms with Crippen LogP contribution in [0.15, 0.2) is 0 Å². The van der Waals surface area contributed by atoms with Gasteiger partial charge in [0.2, 0.25) is 0 Å². The zero-order chi connectivity index (χ0) is 11.7. The molecule has 2 nitrogen and oxygen atoms in total. The Bertz CT molecular complexity index is 274. The minimum Gasteiger partial charge on any atom is -0.360 e. The summed E-state index contributed by atoms with van der Waals surface area (Å²) in [5.74, 6) is 1.84. The van der Waals surface area contributed by atoms with Crippen molar-refractivity contribution in [1.82, 2.24) is 10.2 Å². The molecule has 2 saturated carbocycles. The first-order valence-corrected chi connectivity index (χ1v) is 7.77. The Kier molecular flexibility index (Phi) is 3.55. The van der Waals surface area contributed by atoms with Crippen molar-refractivity contribution in [1.29, 1.82) is 0 Å². The molecule has 0 aromatic rings. The number of rotatable bonds is 1. The highest BCUT2D eigenvalue weighted by atomic mass is 32.1. The van der Waals surface area contributed by atoms with Gasteiger partial charge in [0.15, 0.2) is 5.11 Å². The summed E-state index contributed by atoms with van der Waals surface area (Å²) < 4.78 is 0. The maximum atomic E-state index is 5.60. The molecule has 1 N–H and O–H groups in total. The zero-order valence-corrected chi connectivity index (χ0v) is 11.5. The van der Waals surface area contributed by atoms with E-state index in [9.17, 15) is 0 Å². The molecule has 1 aliphatic heterocycles. The number of nitrogens with one attached hydrogen (secondary N) is 1. The highest BCUT2D eigenvalue weighted by molar-refractivity contribution is 7.80. The van der Waals surface area contributed by atoms with Crippen LogP contribution in [0.25, 0.3) is 0 Å². The molecule has 3 fully saturated rings. The second-order valence-corrected chi connectivity index (χ2v) is 6.62. The molecule has 2 bridgehead atoms. The normalized spacial score (nSPS) is 33.8. The van der Waals surface area contributed by atoms with E-state index < -0.39 is 0 Å². The van der Waals surface area contributed by atoms with Gasteiger partial charge < -0.3 is 10.2 Å². The molecule has 1 saturated heterocycles. The molecule has 1 heterocycles. The molecular formula is C14H24N2S. The van der Waals surface area contributed by atoms with E-state index in [0.717, 1.165) is 16.9 Å². The zero-order valence-electron chi connectivity index (χ0n) is 10.7. The molecule has 3 heteroatoms. The highest BCUT2D eigenvalue weighted by Gasteiger charge is 2.32. The van der Waals surface area contributed by atoms with Crippen molar-refractivity contribution in [3.63, 3.8) is 0 Å². The second kappa shape index (κ2) is 5.13. The van der Waals surface area contributed by atoms with Gasteiger partial charge in [0, 0.05) is 19.1 Å². The van der Waals surface area contributed by atoms with Gasteiger partial charge in [-0.1, -0.05) is 19.3 Å². The van der Waals surface area contributed by atoms with E-state index in [4.69, 9.17) is 12.2 Å². The molecule has 2 atom stereocenters. The van der Waals surface area contributed by atoms with E-state index in [2.05, 4.69) is 10.2 Å². The number of fused-ring (bicyclic) bond motifs is 2. The van der Waals surface area contributed by atoms with Gasteiger partial charge in [-0.15, -0.1) is 0 Å². The minimum atomic E-state index is 0.671. The standard InChI is InChI=1S/C14H24N2S/c17-14(15-13-6-1-2-7-13)16-9-11-4-3-5-12(8-11)10-16/h11-13H,1-10H2,(H,15,17). The topological polar surface area (TPSA) is 15.3 Å². The molecule has 96 valence electrons. The molecule has 2 aliphatic carbocycles. The maximum Gasteiger partial charge on any atom is 0.169 e. The number of nitrogens with zero attached hydrogens (tertiary/aromatic N) is 1. The first-order valence-electron chi connectivity index (χ1n) is 7.36. The van der Waals surface area contributed by atoms with Gasteiger partial charge in [0.05, 0.1) is 0 Å². The van der Waals surface area contributed by atoms with Gasteiger partial charge in [-0.25, -0.2) is 0 Å². The molecule has 17 heavy (non-hydrogen) atoms. The summed E-state index contributed by atoms with van der Waals surface area (Å²) in [6.45, 7) is 2.43. The fourth-order valence-electron chi connectivity index (χ4n) is 3.93. The SMILES string of the molecule is S=C(NC1CCCC1)N1CC2CCCC(C2)C1. The molecule has 0 amide bonds. The van der Waals surface area contributed by atoms with Gasteiger partial charge in [-0.3, -0.25) is 0 Å². The third-order valence-corrected chi connectivity index (χ3v) is 5.19. The van der Waals surface area contributed by atoms with Crippen LogP contribution in [0.4, 0.5) is 0 Å². The molecule has 0 aromatic carbocycles. The molecule has 3 aliphatic rings. The Hall–Kier alpha value is -0.310. The van der Waals surface area contributed by atoms with Crippen molar-refractivity contribution < 1.29 is 0 Å². The average molecular weight is 252 g/mol. The van der Waals surface area contributed by atoms with Crippen molar-refractivity contribution in [2.24, 2.45) is 11.8 Å². The lowest BCUT2D eigenvalue weighted by atomic mass is 9.78. The van der Waals surface area contributed by atoms with Crippen molar-refractivity contribution >= 4 is 17.3 Å². The van der Waals surface area contributed by atoms with Crippen LogP contribution in [0.5, 0.6) is 0 Å². The number of piperidine rings is 1. The fourth-order valence-corrected chi connectivity index (χ4v) is 4.25. The lowest BCUT2D eigenvalue weighted by Crippen LogP contribution is -2.51. The highest BCUT2D eigenvalue weighted by Crippen LogP contribution is 2.34. The van der Waals surface area contributed by atoms with Gasteiger partial charge in [-0.05, 0) is 56.2 Å². The van der Waals surface area contributed by atoms with Gasteiger partial charge in [0.1, 0.15) is 0 Å². The van der Waals surface area contributed by atoms with E-state index in [1.807, 2.05) is 0 Å². The fraction of sp³-hybridized carbons (Fsp3) is 0.929. The van der Waals surface area contributed by atoms with Crippen LogP contribution in [0.2, 0.25) is 0 Å². The van der Waals surface area contributed by atoms with E-state index >= 15 is 0 Å².